The van der Waals surface area contributed by atoms with Gasteiger partial charge in [-0.1, -0.05) is 13.8 Å². The molecule has 1 atom stereocenters. The molecule has 1 N–H and O–H groups in total. The number of carbonyl (C=O) groups excluding carboxylic acids is 2. The van der Waals surface area contributed by atoms with E-state index in [0.717, 1.165) is 23.5 Å². The third-order valence-electron chi connectivity index (χ3n) is 5.48. The van der Waals surface area contributed by atoms with Crippen LogP contribution in [0, 0.1) is 5.41 Å². The molecule has 5 heteroatoms. The molecule has 0 amide bonds. The highest BCUT2D eigenvalue weighted by atomic mass is 16.5. The van der Waals surface area contributed by atoms with Crippen molar-refractivity contribution in [2.75, 3.05) is 11.9 Å². The third kappa shape index (κ3) is 2.68. The van der Waals surface area contributed by atoms with Crippen molar-refractivity contribution in [3.63, 3.8) is 0 Å². The van der Waals surface area contributed by atoms with E-state index in [9.17, 15) is 9.59 Å². The summed E-state index contributed by atoms with van der Waals surface area (Å²) in [6.45, 7) is 14.5. The summed E-state index contributed by atoms with van der Waals surface area (Å²) < 4.78 is 7.56. The minimum absolute atomic E-state index is 0.0356. The Hall–Kier alpha value is -2.04. The Bertz CT molecular complexity index is 808. The van der Waals surface area contributed by atoms with Crippen molar-refractivity contribution in [1.29, 1.82) is 0 Å². The molecule has 0 aromatic carbocycles. The highest BCUT2D eigenvalue weighted by Gasteiger charge is 2.52. The van der Waals surface area contributed by atoms with Gasteiger partial charge < -0.3 is 14.6 Å². The number of hydrogen-bond donors (Lipinski definition) is 1. The predicted octanol–water partition coefficient (Wildman–Crippen LogP) is 4.13. The first-order valence-corrected chi connectivity index (χ1v) is 9.35. The van der Waals surface area contributed by atoms with E-state index in [1.54, 1.807) is 6.92 Å². The number of nitrogens with zero attached hydrogens (tertiary/aromatic N) is 1. The molecule has 0 radical (unpaired) electrons. The van der Waals surface area contributed by atoms with Crippen molar-refractivity contribution in [2.45, 2.75) is 72.3 Å². The van der Waals surface area contributed by atoms with Crippen molar-refractivity contribution < 1.29 is 14.3 Å². The number of nitrogens with one attached hydrogen (secondary N) is 1. The average molecular weight is 358 g/mol. The molecular weight excluding hydrogens is 328 g/mol. The minimum atomic E-state index is -1.07. The number of fused-ring (bicyclic) bond motifs is 1. The van der Waals surface area contributed by atoms with Crippen LogP contribution in [-0.4, -0.2) is 22.9 Å². The van der Waals surface area contributed by atoms with Gasteiger partial charge in [-0.05, 0) is 52.5 Å². The quantitative estimate of drug-likeness (QED) is 0.808. The largest absolute Gasteiger partial charge is 0.465 e. The predicted molar refractivity (Wildman–Crippen MR) is 102 cm³/mol. The summed E-state index contributed by atoms with van der Waals surface area (Å²) in [5.41, 5.74) is 0.902. The number of ether oxygens (including phenoxy) is 1. The van der Waals surface area contributed by atoms with E-state index in [1.807, 2.05) is 19.2 Å². The van der Waals surface area contributed by atoms with Crippen LogP contribution in [0.5, 0.6) is 0 Å². The molecule has 2 aliphatic rings. The lowest BCUT2D eigenvalue weighted by Crippen LogP contribution is -2.47. The van der Waals surface area contributed by atoms with Crippen LogP contribution in [-0.2, 0) is 25.3 Å². The summed E-state index contributed by atoms with van der Waals surface area (Å²) in [6, 6.07) is 1.95. The summed E-state index contributed by atoms with van der Waals surface area (Å²) in [5, 5.41) is 3.51. The number of aromatic nitrogens is 1. The first kappa shape index (κ1) is 18.7. The van der Waals surface area contributed by atoms with Gasteiger partial charge in [-0.15, -0.1) is 0 Å². The van der Waals surface area contributed by atoms with Gasteiger partial charge in [0.1, 0.15) is 11.2 Å². The number of allylic oxidation sites excluding steroid dienone is 1. The second-order valence-electron chi connectivity index (χ2n) is 9.38. The monoisotopic (exact) mass is 358 g/mol. The Morgan fingerprint density at radius 3 is 2.50 bits per heavy atom. The maximum atomic E-state index is 13.1. The van der Waals surface area contributed by atoms with Gasteiger partial charge in [0, 0.05) is 35.0 Å². The van der Waals surface area contributed by atoms with Gasteiger partial charge in [-0.25, -0.2) is 0 Å². The van der Waals surface area contributed by atoms with Gasteiger partial charge >= 0.3 is 5.97 Å². The van der Waals surface area contributed by atoms with Crippen molar-refractivity contribution in [3.05, 3.63) is 29.1 Å². The van der Waals surface area contributed by atoms with Gasteiger partial charge in [-0.2, -0.15) is 0 Å². The summed E-state index contributed by atoms with van der Waals surface area (Å²) in [4.78, 5) is 26.1. The average Bonchev–Trinajstić information content (AvgIpc) is 2.89. The van der Waals surface area contributed by atoms with Crippen molar-refractivity contribution in [1.82, 2.24) is 4.57 Å². The van der Waals surface area contributed by atoms with Crippen LogP contribution in [0.2, 0.25) is 0 Å². The zero-order valence-electron chi connectivity index (χ0n) is 16.9. The molecule has 0 saturated carbocycles. The fourth-order valence-corrected chi connectivity index (χ4v) is 4.30. The number of esters is 1. The second kappa shape index (κ2) is 5.73. The molecular formula is C21H30N2O3. The smallest absolute Gasteiger partial charge is 0.321 e. The molecule has 5 nitrogen and oxygen atoms in total. The van der Waals surface area contributed by atoms with E-state index >= 15 is 0 Å². The maximum absolute atomic E-state index is 13.1. The fraction of sp³-hybridized carbons (Fsp3) is 0.619. The van der Waals surface area contributed by atoms with Crippen LogP contribution in [0.3, 0.4) is 0 Å². The zero-order valence-corrected chi connectivity index (χ0v) is 16.9. The van der Waals surface area contributed by atoms with E-state index in [0.29, 0.717) is 18.6 Å². The molecule has 3 rings (SSSR count). The van der Waals surface area contributed by atoms with Crippen LogP contribution in [0.1, 0.15) is 66.9 Å². The molecule has 0 fully saturated rings. The van der Waals surface area contributed by atoms with Crippen molar-refractivity contribution in [2.24, 2.45) is 5.41 Å². The molecule has 1 aromatic heterocycles. The number of rotatable bonds is 2. The Labute approximate surface area is 155 Å². The summed E-state index contributed by atoms with van der Waals surface area (Å²) >= 11 is 0. The standard InChI is InChI=1S/C21H30N2O3/c1-8-26-18(25)21(7)13-9-10-23(19(2,3)4)17(13)22-14-11-20(5,6)12-15(24)16(14)21/h9-10,22H,8,11-12H2,1-7H3. The zero-order chi connectivity index (χ0) is 19.5. The van der Waals surface area contributed by atoms with Gasteiger partial charge in [0.2, 0.25) is 0 Å². The van der Waals surface area contributed by atoms with E-state index in [-0.39, 0.29) is 22.7 Å². The van der Waals surface area contributed by atoms with Crippen LogP contribution < -0.4 is 5.32 Å². The number of hydrogen-bond acceptors (Lipinski definition) is 4. The van der Waals surface area contributed by atoms with E-state index in [1.165, 1.54) is 0 Å². The maximum Gasteiger partial charge on any atom is 0.321 e. The molecule has 1 aliphatic heterocycles. The summed E-state index contributed by atoms with van der Waals surface area (Å²) in [5.74, 6) is 0.570. The number of anilines is 1. The molecule has 26 heavy (non-hydrogen) atoms. The van der Waals surface area contributed by atoms with Gasteiger partial charge in [0.25, 0.3) is 0 Å². The molecule has 1 aromatic rings. The van der Waals surface area contributed by atoms with Crippen LogP contribution in [0.4, 0.5) is 5.82 Å². The SMILES string of the molecule is CCOC(=O)C1(C)C2=C(CC(C)(C)CC2=O)Nc2c1ccn2C(C)(C)C. The second-order valence-corrected chi connectivity index (χ2v) is 9.38. The van der Waals surface area contributed by atoms with Crippen molar-refractivity contribution in [3.8, 4) is 0 Å². The lowest BCUT2D eigenvalue weighted by molar-refractivity contribution is -0.149. The van der Waals surface area contributed by atoms with Gasteiger partial charge in [0.05, 0.1) is 6.61 Å². The molecule has 0 saturated heterocycles. The number of Topliss-reactive ketones (excluding diaryl/α,β-unsaturated/α-hetero) is 1. The van der Waals surface area contributed by atoms with Gasteiger partial charge in [-0.3, -0.25) is 9.59 Å². The fourth-order valence-electron chi connectivity index (χ4n) is 4.30. The topological polar surface area (TPSA) is 60.3 Å². The number of ketones is 1. The van der Waals surface area contributed by atoms with Crippen LogP contribution >= 0.6 is 0 Å². The van der Waals surface area contributed by atoms with E-state index in [4.69, 9.17) is 4.74 Å². The lowest BCUT2D eigenvalue weighted by atomic mass is 9.64. The highest BCUT2D eigenvalue weighted by Crippen LogP contribution is 2.51. The van der Waals surface area contributed by atoms with E-state index < -0.39 is 5.41 Å². The molecule has 0 spiro atoms. The molecule has 142 valence electrons. The Kier molecular flexibility index (Phi) is 4.13. The van der Waals surface area contributed by atoms with Gasteiger partial charge in [0.15, 0.2) is 5.78 Å². The van der Waals surface area contributed by atoms with E-state index in [2.05, 4.69) is 44.5 Å². The lowest BCUT2D eigenvalue weighted by Gasteiger charge is -2.43. The molecule has 0 bridgehead atoms. The summed E-state index contributed by atoms with van der Waals surface area (Å²) in [7, 11) is 0. The van der Waals surface area contributed by atoms with Crippen LogP contribution in [0.25, 0.3) is 0 Å². The Balaban J connectivity index is 2.26. The molecule has 1 aliphatic carbocycles. The third-order valence-corrected chi connectivity index (χ3v) is 5.48. The Morgan fingerprint density at radius 2 is 1.92 bits per heavy atom. The highest BCUT2D eigenvalue weighted by molar-refractivity contribution is 6.09. The summed E-state index contributed by atoms with van der Waals surface area (Å²) in [6.07, 6.45) is 3.17. The molecule has 2 heterocycles. The first-order chi connectivity index (χ1) is 11.9. The Morgan fingerprint density at radius 1 is 1.27 bits per heavy atom. The number of carbonyl (C=O) groups is 2. The van der Waals surface area contributed by atoms with Crippen LogP contribution in [0.15, 0.2) is 23.5 Å². The first-order valence-electron chi connectivity index (χ1n) is 9.35. The normalized spacial score (nSPS) is 24.7. The molecule has 1 unspecified atom stereocenters. The van der Waals surface area contributed by atoms with Crippen molar-refractivity contribution >= 4 is 17.6 Å². The minimum Gasteiger partial charge on any atom is -0.465 e.